The number of para-hydroxylation sites is 1. The fraction of sp³-hybridized carbons (Fsp3) is 0.378. The fourth-order valence-corrected chi connectivity index (χ4v) is 6.00. The van der Waals surface area contributed by atoms with Gasteiger partial charge >= 0.3 is 0 Å². The van der Waals surface area contributed by atoms with Gasteiger partial charge in [-0.3, -0.25) is 9.59 Å². The van der Waals surface area contributed by atoms with Crippen LogP contribution in [0.4, 0.5) is 17.1 Å². The number of ether oxygens (including phenoxy) is 2. The van der Waals surface area contributed by atoms with Crippen LogP contribution in [0.5, 0.6) is 11.5 Å². The van der Waals surface area contributed by atoms with E-state index >= 15 is 0 Å². The van der Waals surface area contributed by atoms with Gasteiger partial charge in [-0.1, -0.05) is 24.3 Å². The highest BCUT2D eigenvalue weighted by Crippen LogP contribution is 2.39. The van der Waals surface area contributed by atoms with Crippen molar-refractivity contribution in [2.24, 2.45) is 0 Å². The van der Waals surface area contributed by atoms with E-state index in [1.54, 1.807) is 13.2 Å². The Bertz CT molecular complexity index is 1710. The number of anilines is 3. The average Bonchev–Trinajstić information content (AvgIpc) is 3.82. The zero-order valence-electron chi connectivity index (χ0n) is 27.4. The summed E-state index contributed by atoms with van der Waals surface area (Å²) in [7, 11) is 1.63. The van der Waals surface area contributed by atoms with Gasteiger partial charge in [-0.2, -0.15) is 0 Å². The summed E-state index contributed by atoms with van der Waals surface area (Å²) in [5, 5.41) is 6.08. The van der Waals surface area contributed by atoms with E-state index in [0.717, 1.165) is 68.9 Å². The van der Waals surface area contributed by atoms with Crippen molar-refractivity contribution in [3.63, 3.8) is 0 Å². The second kappa shape index (κ2) is 14.6. The van der Waals surface area contributed by atoms with Gasteiger partial charge in [-0.25, -0.2) is 4.98 Å². The number of piperazine rings is 1. The first-order chi connectivity index (χ1) is 22.9. The van der Waals surface area contributed by atoms with Crippen molar-refractivity contribution in [3.05, 3.63) is 95.2 Å². The molecule has 3 aromatic carbocycles. The van der Waals surface area contributed by atoms with Crippen molar-refractivity contribution in [3.8, 4) is 11.5 Å². The number of methoxy groups -OCH3 is 1. The topological polar surface area (TPSA) is 109 Å². The van der Waals surface area contributed by atoms with Crippen LogP contribution < -0.4 is 29.9 Å². The van der Waals surface area contributed by atoms with Crippen LogP contribution >= 0.6 is 0 Å². The summed E-state index contributed by atoms with van der Waals surface area (Å²) in [6.45, 7) is 8.36. The second-order valence-corrected chi connectivity index (χ2v) is 12.1. The number of carbonyl (C=O) groups excluding carboxylic acids is 2. The third kappa shape index (κ3) is 7.70. The van der Waals surface area contributed by atoms with Crippen molar-refractivity contribution in [2.75, 3.05) is 61.6 Å². The van der Waals surface area contributed by atoms with Gasteiger partial charge in [0.1, 0.15) is 6.26 Å². The highest BCUT2D eigenvalue weighted by molar-refractivity contribution is 6.06. The van der Waals surface area contributed by atoms with E-state index in [9.17, 15) is 9.59 Å². The Morgan fingerprint density at radius 2 is 1.70 bits per heavy atom. The summed E-state index contributed by atoms with van der Waals surface area (Å²) in [4.78, 5) is 35.7. The lowest BCUT2D eigenvalue weighted by atomic mass is 10.1. The summed E-state index contributed by atoms with van der Waals surface area (Å²) in [6, 6.07) is 19.8. The maximum Gasteiger partial charge on any atom is 0.277 e. The minimum Gasteiger partial charge on any atom is -0.493 e. The van der Waals surface area contributed by atoms with E-state index in [1.165, 1.54) is 17.5 Å². The molecule has 2 N–H and O–H groups in total. The minimum absolute atomic E-state index is 0.196. The standard InChI is InChI=1S/C37H43N5O5/c1-4-46-34-22-26(11-16-33(34)45-3)9-7-17-38-35(43)28-14-15-32(42-20-18-41(19-21-42)31-10-6-5-8-25(31)2)29(23-28)39-36(44)30-24-47-37(40-30)27-12-13-27/h5-6,8,10-11,14-16,22-24,27H,4,7,9,12-13,17-21H2,1-3H3,(H,38,43)(H,39,44). The van der Waals surface area contributed by atoms with E-state index in [4.69, 9.17) is 13.9 Å². The van der Waals surface area contributed by atoms with Crippen LogP contribution in [-0.4, -0.2) is 63.2 Å². The van der Waals surface area contributed by atoms with Crippen LogP contribution in [0.15, 0.2) is 71.3 Å². The lowest BCUT2D eigenvalue weighted by Gasteiger charge is -2.38. The van der Waals surface area contributed by atoms with Gasteiger partial charge in [-0.05, 0) is 87.1 Å². The SMILES string of the molecule is CCOc1cc(CCCNC(=O)c2ccc(N3CCN(c4ccccc4C)CC3)c(NC(=O)c3coc(C4CC4)n3)c2)ccc1OC. The third-order valence-electron chi connectivity index (χ3n) is 8.72. The molecule has 246 valence electrons. The first-order valence-electron chi connectivity index (χ1n) is 16.5. The predicted octanol–water partition coefficient (Wildman–Crippen LogP) is 6.21. The number of hydrogen-bond acceptors (Lipinski definition) is 8. The molecule has 10 heteroatoms. The molecule has 2 heterocycles. The van der Waals surface area contributed by atoms with Crippen molar-refractivity contribution < 1.29 is 23.5 Å². The van der Waals surface area contributed by atoms with Crippen LogP contribution in [-0.2, 0) is 6.42 Å². The molecule has 2 aliphatic rings. The van der Waals surface area contributed by atoms with Crippen molar-refractivity contribution in [2.45, 2.75) is 45.4 Å². The average molecular weight is 638 g/mol. The Labute approximate surface area is 276 Å². The monoisotopic (exact) mass is 637 g/mol. The maximum absolute atomic E-state index is 13.3. The molecule has 1 saturated carbocycles. The lowest BCUT2D eigenvalue weighted by Crippen LogP contribution is -2.47. The van der Waals surface area contributed by atoms with Gasteiger partial charge in [-0.15, -0.1) is 0 Å². The normalized spacial score (nSPS) is 14.5. The van der Waals surface area contributed by atoms with Gasteiger partial charge in [0.15, 0.2) is 23.1 Å². The molecule has 4 aromatic rings. The zero-order valence-corrected chi connectivity index (χ0v) is 27.4. The molecule has 1 aliphatic carbocycles. The maximum atomic E-state index is 13.3. The van der Waals surface area contributed by atoms with Crippen molar-refractivity contribution >= 4 is 28.9 Å². The largest absolute Gasteiger partial charge is 0.493 e. The number of benzene rings is 3. The first-order valence-corrected chi connectivity index (χ1v) is 16.5. The molecule has 6 rings (SSSR count). The Hall–Kier alpha value is -4.99. The Morgan fingerprint density at radius 3 is 2.43 bits per heavy atom. The number of hydrogen-bond donors (Lipinski definition) is 2. The Balaban J connectivity index is 1.13. The molecule has 0 unspecified atom stereocenters. The molecular formula is C37H43N5O5. The molecule has 2 fully saturated rings. The van der Waals surface area contributed by atoms with E-state index in [2.05, 4.69) is 56.6 Å². The summed E-state index contributed by atoms with van der Waals surface area (Å²) in [5.41, 5.74) is 5.76. The number of aryl methyl sites for hydroxylation is 2. The predicted molar refractivity (Wildman–Crippen MR) is 183 cm³/mol. The van der Waals surface area contributed by atoms with E-state index in [0.29, 0.717) is 42.0 Å². The molecule has 0 bridgehead atoms. The molecule has 0 atom stereocenters. The fourth-order valence-electron chi connectivity index (χ4n) is 6.00. The number of amides is 2. The van der Waals surface area contributed by atoms with Gasteiger partial charge in [0.25, 0.3) is 11.8 Å². The molecular weight excluding hydrogens is 594 g/mol. The van der Waals surface area contributed by atoms with Gasteiger partial charge in [0.2, 0.25) is 0 Å². The molecule has 0 radical (unpaired) electrons. The second-order valence-electron chi connectivity index (χ2n) is 12.1. The van der Waals surface area contributed by atoms with Crippen LogP contribution in [0.3, 0.4) is 0 Å². The van der Waals surface area contributed by atoms with Crippen molar-refractivity contribution in [1.82, 2.24) is 10.3 Å². The summed E-state index contributed by atoms with van der Waals surface area (Å²) < 4.78 is 16.7. The summed E-state index contributed by atoms with van der Waals surface area (Å²) in [6.07, 6.45) is 5.02. The smallest absolute Gasteiger partial charge is 0.277 e. The molecule has 47 heavy (non-hydrogen) atoms. The molecule has 1 aliphatic heterocycles. The molecule has 1 aromatic heterocycles. The molecule has 2 amide bonds. The number of aromatic nitrogens is 1. The molecule has 1 saturated heterocycles. The van der Waals surface area contributed by atoms with Crippen molar-refractivity contribution in [1.29, 1.82) is 0 Å². The molecule has 0 spiro atoms. The summed E-state index contributed by atoms with van der Waals surface area (Å²) in [5.74, 6) is 1.79. The Kier molecular flexibility index (Phi) is 9.94. The van der Waals surface area contributed by atoms with Crippen LogP contribution in [0.2, 0.25) is 0 Å². The minimum atomic E-state index is -0.357. The lowest BCUT2D eigenvalue weighted by molar-refractivity contribution is 0.0951. The van der Waals surface area contributed by atoms with Gasteiger partial charge in [0.05, 0.1) is 25.1 Å². The third-order valence-corrected chi connectivity index (χ3v) is 8.72. The van der Waals surface area contributed by atoms with E-state index < -0.39 is 0 Å². The number of nitrogens with one attached hydrogen (secondary N) is 2. The van der Waals surface area contributed by atoms with Crippen LogP contribution in [0, 0.1) is 6.92 Å². The Morgan fingerprint density at radius 1 is 0.936 bits per heavy atom. The van der Waals surface area contributed by atoms with E-state index in [1.807, 2.05) is 37.3 Å². The number of rotatable bonds is 13. The van der Waals surface area contributed by atoms with Gasteiger partial charge in [0, 0.05) is 49.9 Å². The van der Waals surface area contributed by atoms with Crippen LogP contribution in [0.1, 0.15) is 70.0 Å². The van der Waals surface area contributed by atoms with Gasteiger partial charge < -0.3 is 34.3 Å². The number of nitrogens with zero attached hydrogens (tertiary/aromatic N) is 3. The van der Waals surface area contributed by atoms with E-state index in [-0.39, 0.29) is 17.5 Å². The highest BCUT2D eigenvalue weighted by Gasteiger charge is 2.30. The first kappa shape index (κ1) is 32.0. The molecule has 10 nitrogen and oxygen atoms in total. The van der Waals surface area contributed by atoms with Crippen LogP contribution in [0.25, 0.3) is 0 Å². The number of carbonyl (C=O) groups is 2. The quantitative estimate of drug-likeness (QED) is 0.167. The number of oxazole rings is 1. The highest BCUT2D eigenvalue weighted by atomic mass is 16.5. The summed E-state index contributed by atoms with van der Waals surface area (Å²) >= 11 is 0. The zero-order chi connectivity index (χ0) is 32.8.